The molecular formula is C52H35NO. The van der Waals surface area contributed by atoms with Crippen molar-refractivity contribution in [3.05, 3.63) is 212 Å². The molecule has 0 aliphatic rings. The summed E-state index contributed by atoms with van der Waals surface area (Å²) in [6.45, 7) is 0. The van der Waals surface area contributed by atoms with E-state index in [1.54, 1.807) is 0 Å². The lowest BCUT2D eigenvalue weighted by molar-refractivity contribution is 0.674. The molecule has 0 N–H and O–H groups in total. The van der Waals surface area contributed by atoms with Crippen LogP contribution < -0.4 is 4.90 Å². The van der Waals surface area contributed by atoms with Crippen molar-refractivity contribution in [3.63, 3.8) is 0 Å². The SMILES string of the molecule is c1ccc(-c2ccc(-c3cccc4c3oc3c5ccccc5cc(N(c5ccc(-c6ccccc6)cc5)c5ccc(-c6ccccc6)cc5)c43)cc2)cc1. The molecule has 0 radical (unpaired) electrons. The van der Waals surface area contributed by atoms with Gasteiger partial charge in [0.1, 0.15) is 11.2 Å². The number of hydrogen-bond donors (Lipinski definition) is 0. The van der Waals surface area contributed by atoms with Gasteiger partial charge in [-0.15, -0.1) is 0 Å². The zero-order valence-electron chi connectivity index (χ0n) is 29.6. The van der Waals surface area contributed by atoms with Crippen LogP contribution >= 0.6 is 0 Å². The third-order valence-electron chi connectivity index (χ3n) is 10.5. The fraction of sp³-hybridized carbons (Fsp3) is 0. The van der Waals surface area contributed by atoms with Crippen molar-refractivity contribution >= 4 is 49.8 Å². The molecule has 1 aromatic heterocycles. The van der Waals surface area contributed by atoms with Crippen molar-refractivity contribution in [2.24, 2.45) is 0 Å². The Morgan fingerprint density at radius 1 is 0.315 bits per heavy atom. The van der Waals surface area contributed by atoms with Gasteiger partial charge in [-0.2, -0.15) is 0 Å². The molecule has 9 aromatic carbocycles. The number of rotatable bonds is 7. The number of nitrogens with zero attached hydrogens (tertiary/aromatic N) is 1. The summed E-state index contributed by atoms with van der Waals surface area (Å²) in [5.41, 5.74) is 14.3. The van der Waals surface area contributed by atoms with Crippen LogP contribution in [0.25, 0.3) is 77.2 Å². The molecule has 10 rings (SSSR count). The fourth-order valence-electron chi connectivity index (χ4n) is 7.78. The van der Waals surface area contributed by atoms with Crippen LogP contribution in [0.15, 0.2) is 217 Å². The Kier molecular flexibility index (Phi) is 7.85. The third-order valence-corrected chi connectivity index (χ3v) is 10.5. The van der Waals surface area contributed by atoms with Crippen molar-refractivity contribution < 1.29 is 4.42 Å². The van der Waals surface area contributed by atoms with E-state index in [4.69, 9.17) is 4.42 Å². The molecule has 0 amide bonds. The lowest BCUT2D eigenvalue weighted by Gasteiger charge is -2.27. The average Bonchev–Trinajstić information content (AvgIpc) is 3.66. The van der Waals surface area contributed by atoms with Crippen LogP contribution in [0.1, 0.15) is 0 Å². The van der Waals surface area contributed by atoms with Gasteiger partial charge < -0.3 is 9.32 Å². The molecule has 0 fully saturated rings. The molecule has 0 spiro atoms. The first kappa shape index (κ1) is 31.6. The zero-order valence-corrected chi connectivity index (χ0v) is 29.6. The Balaban J connectivity index is 1.19. The first-order valence-corrected chi connectivity index (χ1v) is 18.4. The summed E-state index contributed by atoms with van der Waals surface area (Å²) in [6.07, 6.45) is 0. The number of anilines is 3. The summed E-state index contributed by atoms with van der Waals surface area (Å²) in [4.78, 5) is 2.38. The van der Waals surface area contributed by atoms with Crippen molar-refractivity contribution in [3.8, 4) is 44.5 Å². The molecule has 0 aliphatic carbocycles. The molecule has 0 aliphatic heterocycles. The highest BCUT2D eigenvalue weighted by Gasteiger charge is 2.23. The monoisotopic (exact) mass is 689 g/mol. The largest absolute Gasteiger partial charge is 0.455 e. The topological polar surface area (TPSA) is 16.4 Å². The van der Waals surface area contributed by atoms with Crippen LogP contribution in [-0.2, 0) is 0 Å². The van der Waals surface area contributed by atoms with Crippen molar-refractivity contribution in [2.45, 2.75) is 0 Å². The highest BCUT2D eigenvalue weighted by atomic mass is 16.3. The van der Waals surface area contributed by atoms with E-state index in [1.807, 2.05) is 0 Å². The van der Waals surface area contributed by atoms with Gasteiger partial charge in [0.2, 0.25) is 0 Å². The zero-order chi connectivity index (χ0) is 35.8. The standard InChI is InChI=1S/C52H35NO/c1-4-13-36(14-5-1)39-23-25-42(26-24-39)46-21-12-22-48-50-49(35-43-19-10-11-20-47(43)52(50)54-51(46)48)53(44-31-27-40(28-32-44)37-15-6-2-7-16-37)45-33-29-41(30-34-45)38-17-8-3-9-18-38/h1-35H. The molecule has 0 saturated heterocycles. The van der Waals surface area contributed by atoms with Crippen molar-refractivity contribution in [1.29, 1.82) is 0 Å². The van der Waals surface area contributed by atoms with Crippen LogP contribution in [0.3, 0.4) is 0 Å². The van der Waals surface area contributed by atoms with Crippen LogP contribution in [0.2, 0.25) is 0 Å². The summed E-state index contributed by atoms with van der Waals surface area (Å²) in [7, 11) is 0. The predicted molar refractivity (Wildman–Crippen MR) is 228 cm³/mol. The molecule has 2 nitrogen and oxygen atoms in total. The first-order valence-electron chi connectivity index (χ1n) is 18.4. The molecule has 0 atom stereocenters. The Hall–Kier alpha value is -7.16. The van der Waals surface area contributed by atoms with Crippen LogP contribution in [-0.4, -0.2) is 0 Å². The first-order chi connectivity index (χ1) is 26.8. The highest BCUT2D eigenvalue weighted by Crippen LogP contribution is 2.48. The maximum atomic E-state index is 7.06. The quantitative estimate of drug-likeness (QED) is 0.166. The van der Waals surface area contributed by atoms with Gasteiger partial charge in [0.15, 0.2) is 0 Å². The van der Waals surface area contributed by atoms with Crippen molar-refractivity contribution in [1.82, 2.24) is 0 Å². The van der Waals surface area contributed by atoms with Crippen LogP contribution in [0.4, 0.5) is 17.1 Å². The molecule has 2 heteroatoms. The summed E-state index contributed by atoms with van der Waals surface area (Å²) >= 11 is 0. The second-order valence-corrected chi connectivity index (χ2v) is 13.7. The normalized spacial score (nSPS) is 11.3. The lowest BCUT2D eigenvalue weighted by atomic mass is 9.97. The summed E-state index contributed by atoms with van der Waals surface area (Å²) in [5, 5.41) is 4.39. The molecule has 254 valence electrons. The minimum absolute atomic E-state index is 0.886. The second-order valence-electron chi connectivity index (χ2n) is 13.7. The maximum Gasteiger partial charge on any atom is 0.145 e. The Labute approximate surface area is 314 Å². The van der Waals surface area contributed by atoms with E-state index in [9.17, 15) is 0 Å². The van der Waals surface area contributed by atoms with Crippen LogP contribution in [0, 0.1) is 0 Å². The Bertz CT molecular complexity index is 2790. The Morgan fingerprint density at radius 2 is 0.741 bits per heavy atom. The molecular weight excluding hydrogens is 655 g/mol. The van der Waals surface area contributed by atoms with Gasteiger partial charge in [0, 0.05) is 27.7 Å². The van der Waals surface area contributed by atoms with E-state index in [2.05, 4.69) is 217 Å². The summed E-state index contributed by atoms with van der Waals surface area (Å²) in [6, 6.07) is 75.7. The van der Waals surface area contributed by atoms with E-state index in [0.29, 0.717) is 0 Å². The van der Waals surface area contributed by atoms with Gasteiger partial charge >= 0.3 is 0 Å². The van der Waals surface area contributed by atoms with E-state index >= 15 is 0 Å². The predicted octanol–water partition coefficient (Wildman–Crippen LogP) is 14.9. The fourth-order valence-corrected chi connectivity index (χ4v) is 7.78. The minimum Gasteiger partial charge on any atom is -0.455 e. The number of fused-ring (bicyclic) bond motifs is 5. The van der Waals surface area contributed by atoms with E-state index in [0.717, 1.165) is 60.9 Å². The molecule has 0 unspecified atom stereocenters. The summed E-state index contributed by atoms with van der Waals surface area (Å²) < 4.78 is 7.06. The maximum absolute atomic E-state index is 7.06. The second kappa shape index (κ2) is 13.4. The van der Waals surface area contributed by atoms with Crippen molar-refractivity contribution in [2.75, 3.05) is 4.90 Å². The van der Waals surface area contributed by atoms with Crippen LogP contribution in [0.5, 0.6) is 0 Å². The minimum atomic E-state index is 0.886. The number of para-hydroxylation sites is 1. The highest BCUT2D eigenvalue weighted by molar-refractivity contribution is 6.23. The molecule has 0 bridgehead atoms. The van der Waals surface area contributed by atoms with Gasteiger partial charge in [0.25, 0.3) is 0 Å². The molecule has 1 heterocycles. The smallest absolute Gasteiger partial charge is 0.145 e. The van der Waals surface area contributed by atoms with E-state index in [-0.39, 0.29) is 0 Å². The molecule has 10 aromatic rings. The van der Waals surface area contributed by atoms with Gasteiger partial charge in [-0.1, -0.05) is 182 Å². The van der Waals surface area contributed by atoms with E-state index in [1.165, 1.54) is 33.4 Å². The van der Waals surface area contributed by atoms with Gasteiger partial charge in [-0.25, -0.2) is 0 Å². The molecule has 0 saturated carbocycles. The number of benzene rings is 9. The third kappa shape index (κ3) is 5.62. The summed E-state index contributed by atoms with van der Waals surface area (Å²) in [5.74, 6) is 0. The van der Waals surface area contributed by atoms with Gasteiger partial charge in [-0.05, 0) is 74.7 Å². The lowest BCUT2D eigenvalue weighted by Crippen LogP contribution is -2.10. The number of hydrogen-bond acceptors (Lipinski definition) is 2. The number of furan rings is 1. The van der Waals surface area contributed by atoms with Gasteiger partial charge in [-0.3, -0.25) is 0 Å². The average molecular weight is 690 g/mol. The van der Waals surface area contributed by atoms with Gasteiger partial charge in [0.05, 0.1) is 11.1 Å². The molecule has 54 heavy (non-hydrogen) atoms. The van der Waals surface area contributed by atoms with E-state index < -0.39 is 0 Å². The Morgan fingerprint density at radius 3 is 1.28 bits per heavy atom.